The predicted octanol–water partition coefficient (Wildman–Crippen LogP) is 6.85. The zero-order valence-electron chi connectivity index (χ0n) is 25.2. The Kier molecular flexibility index (Phi) is 9.03. The van der Waals surface area contributed by atoms with E-state index in [1.807, 2.05) is 10.7 Å². The van der Waals surface area contributed by atoms with Crippen LogP contribution >= 0.6 is 11.6 Å². The number of Topliss-reactive ketones (excluding diaryl/α,β-unsaturated/α-hetero) is 1. The number of nitrogens with zero attached hydrogens (tertiary/aromatic N) is 3. The summed E-state index contributed by atoms with van der Waals surface area (Å²) in [5, 5.41) is 8.76. The van der Waals surface area contributed by atoms with E-state index >= 15 is 0 Å². The van der Waals surface area contributed by atoms with E-state index in [0.29, 0.717) is 64.5 Å². The minimum absolute atomic E-state index is 0.0759. The van der Waals surface area contributed by atoms with Crippen LogP contribution in [0.25, 0.3) is 10.9 Å². The van der Waals surface area contributed by atoms with Gasteiger partial charge in [-0.15, -0.1) is 0 Å². The molecule has 4 aromatic rings. The van der Waals surface area contributed by atoms with Crippen molar-refractivity contribution < 1.29 is 23.8 Å². The van der Waals surface area contributed by atoms with Crippen molar-refractivity contribution in [2.45, 2.75) is 64.8 Å². The van der Waals surface area contributed by atoms with Crippen LogP contribution in [0.4, 0.5) is 5.69 Å². The number of carbonyl (C=O) groups is 2. The van der Waals surface area contributed by atoms with Crippen LogP contribution in [-0.2, 0) is 32.6 Å². The maximum absolute atomic E-state index is 13.1. The smallest absolute Gasteiger partial charge is 0.221 e. The number of rotatable bonds is 12. The number of ketones is 1. The zero-order chi connectivity index (χ0) is 30.7. The van der Waals surface area contributed by atoms with E-state index in [9.17, 15) is 9.59 Å². The molecule has 1 aliphatic carbocycles. The van der Waals surface area contributed by atoms with Crippen LogP contribution in [-0.4, -0.2) is 46.8 Å². The van der Waals surface area contributed by atoms with Crippen molar-refractivity contribution >= 4 is 39.9 Å². The standard InChI is InChI=1S/C33H37ClN4O5/c1-20(39)36-29-18-26-28(19-31(29)42-13-12-41-5)35-11-10-30(26)43-25-9-6-21(27(34)17-25)14-24(40)15-23-16-32(33(2,3)4)37-38(23)22-7-8-22/h6,9-11,16-19,22H,7-8,12-15H2,1-5H3,(H,36,39). The Hall–Kier alpha value is -3.95. The predicted molar refractivity (Wildman–Crippen MR) is 167 cm³/mol. The van der Waals surface area contributed by atoms with Gasteiger partial charge in [-0.05, 0) is 48.7 Å². The van der Waals surface area contributed by atoms with E-state index in [2.05, 4.69) is 37.1 Å². The summed E-state index contributed by atoms with van der Waals surface area (Å²) in [6.45, 7) is 8.56. The van der Waals surface area contributed by atoms with Crippen LogP contribution in [0.2, 0.25) is 5.02 Å². The first-order valence-electron chi connectivity index (χ1n) is 14.4. The third kappa shape index (κ3) is 7.53. The molecular formula is C33H37ClN4O5. The van der Waals surface area contributed by atoms with Crippen molar-refractivity contribution in [2.24, 2.45) is 0 Å². The number of halogens is 1. The number of anilines is 1. The SMILES string of the molecule is COCCOc1cc2nccc(Oc3ccc(CC(=O)Cc4cc(C(C)(C)C)nn4C4CC4)c(Cl)c3)c2cc1NC(C)=O. The van der Waals surface area contributed by atoms with Crippen LogP contribution in [0.15, 0.2) is 48.7 Å². The van der Waals surface area contributed by atoms with Crippen molar-refractivity contribution in [3.05, 3.63) is 70.6 Å². The number of fused-ring (bicyclic) bond motifs is 1. The number of pyridine rings is 1. The van der Waals surface area contributed by atoms with E-state index in [4.69, 9.17) is 30.9 Å². The molecule has 10 heteroatoms. The lowest BCUT2D eigenvalue weighted by atomic mass is 9.92. The second kappa shape index (κ2) is 12.7. The first-order chi connectivity index (χ1) is 20.5. The van der Waals surface area contributed by atoms with Crippen molar-refractivity contribution in [1.82, 2.24) is 14.8 Å². The third-order valence-electron chi connectivity index (χ3n) is 7.15. The molecule has 0 aliphatic heterocycles. The van der Waals surface area contributed by atoms with E-state index in [-0.39, 0.29) is 23.5 Å². The van der Waals surface area contributed by atoms with Gasteiger partial charge >= 0.3 is 0 Å². The molecule has 9 nitrogen and oxygen atoms in total. The molecular weight excluding hydrogens is 568 g/mol. The Morgan fingerprint density at radius 1 is 1.05 bits per heavy atom. The molecule has 1 aliphatic rings. The average molecular weight is 605 g/mol. The zero-order valence-corrected chi connectivity index (χ0v) is 26.0. The summed E-state index contributed by atoms with van der Waals surface area (Å²) in [6, 6.07) is 13.1. The van der Waals surface area contributed by atoms with Crippen molar-refractivity contribution in [1.29, 1.82) is 0 Å². The van der Waals surface area contributed by atoms with Crippen LogP contribution in [0.5, 0.6) is 17.2 Å². The van der Waals surface area contributed by atoms with Crippen LogP contribution in [0.1, 0.15) is 63.5 Å². The molecule has 0 saturated heterocycles. The first-order valence-corrected chi connectivity index (χ1v) is 14.8. The van der Waals surface area contributed by atoms with Gasteiger partial charge in [0.15, 0.2) is 0 Å². The van der Waals surface area contributed by atoms with Gasteiger partial charge in [-0.1, -0.05) is 38.4 Å². The summed E-state index contributed by atoms with van der Waals surface area (Å²) in [5.41, 5.74) is 3.75. The highest BCUT2D eigenvalue weighted by Crippen LogP contribution is 2.38. The quantitative estimate of drug-likeness (QED) is 0.176. The van der Waals surface area contributed by atoms with E-state index < -0.39 is 0 Å². The normalized spacial score (nSPS) is 13.3. The van der Waals surface area contributed by atoms with Gasteiger partial charge < -0.3 is 19.5 Å². The lowest BCUT2D eigenvalue weighted by molar-refractivity contribution is -0.118. The van der Waals surface area contributed by atoms with Gasteiger partial charge in [0.2, 0.25) is 5.91 Å². The molecule has 2 aromatic carbocycles. The molecule has 0 spiro atoms. The molecule has 1 fully saturated rings. The number of benzene rings is 2. The topological polar surface area (TPSA) is 105 Å². The highest BCUT2D eigenvalue weighted by Gasteiger charge is 2.30. The Balaban J connectivity index is 1.32. The van der Waals surface area contributed by atoms with Gasteiger partial charge in [-0.3, -0.25) is 19.3 Å². The number of nitrogens with one attached hydrogen (secondary N) is 1. The van der Waals surface area contributed by atoms with Crippen LogP contribution in [0, 0.1) is 0 Å². The highest BCUT2D eigenvalue weighted by atomic mass is 35.5. The number of ether oxygens (including phenoxy) is 3. The van der Waals surface area contributed by atoms with Crippen molar-refractivity contribution in [3.8, 4) is 17.2 Å². The van der Waals surface area contributed by atoms with Crippen LogP contribution < -0.4 is 14.8 Å². The second-order valence-corrected chi connectivity index (χ2v) is 12.3. The number of amides is 1. The molecule has 0 radical (unpaired) electrons. The molecule has 0 bridgehead atoms. The molecule has 226 valence electrons. The molecule has 1 amide bonds. The van der Waals surface area contributed by atoms with Crippen LogP contribution in [0.3, 0.4) is 0 Å². The first kappa shape index (κ1) is 30.5. The second-order valence-electron chi connectivity index (χ2n) is 11.9. The monoisotopic (exact) mass is 604 g/mol. The number of aromatic nitrogens is 3. The molecule has 43 heavy (non-hydrogen) atoms. The maximum Gasteiger partial charge on any atom is 0.221 e. The number of methoxy groups -OCH3 is 1. The summed E-state index contributed by atoms with van der Waals surface area (Å²) in [7, 11) is 1.59. The summed E-state index contributed by atoms with van der Waals surface area (Å²) >= 11 is 6.64. The van der Waals surface area contributed by atoms with Crippen molar-refractivity contribution in [3.63, 3.8) is 0 Å². The molecule has 2 aromatic heterocycles. The van der Waals surface area contributed by atoms with E-state index in [0.717, 1.165) is 29.8 Å². The lowest BCUT2D eigenvalue weighted by Gasteiger charge is -2.15. The third-order valence-corrected chi connectivity index (χ3v) is 7.50. The minimum atomic E-state index is -0.231. The number of hydrogen-bond acceptors (Lipinski definition) is 7. The van der Waals surface area contributed by atoms with Gasteiger partial charge in [0.05, 0.1) is 29.5 Å². The molecule has 5 rings (SSSR count). The lowest BCUT2D eigenvalue weighted by Crippen LogP contribution is -2.13. The number of hydrogen-bond donors (Lipinski definition) is 1. The Morgan fingerprint density at radius 3 is 2.51 bits per heavy atom. The van der Waals surface area contributed by atoms with Gasteiger partial charge in [-0.25, -0.2) is 0 Å². The van der Waals surface area contributed by atoms with Gasteiger partial charge in [0, 0.05) is 60.7 Å². The molecule has 2 heterocycles. The molecule has 0 atom stereocenters. The van der Waals surface area contributed by atoms with E-state index in [1.165, 1.54) is 6.92 Å². The van der Waals surface area contributed by atoms with Crippen molar-refractivity contribution in [2.75, 3.05) is 25.6 Å². The fraction of sp³-hybridized carbons (Fsp3) is 0.394. The molecule has 0 unspecified atom stereocenters. The maximum atomic E-state index is 13.1. The largest absolute Gasteiger partial charge is 0.489 e. The highest BCUT2D eigenvalue weighted by molar-refractivity contribution is 6.31. The summed E-state index contributed by atoms with van der Waals surface area (Å²) in [4.78, 5) is 29.5. The summed E-state index contributed by atoms with van der Waals surface area (Å²) < 4.78 is 19.1. The minimum Gasteiger partial charge on any atom is -0.489 e. The molecule has 1 saturated carbocycles. The van der Waals surface area contributed by atoms with Gasteiger partial charge in [0.1, 0.15) is 29.6 Å². The number of carbonyl (C=O) groups excluding carboxylic acids is 2. The Morgan fingerprint density at radius 2 is 1.84 bits per heavy atom. The van der Waals surface area contributed by atoms with E-state index in [1.54, 1.807) is 43.6 Å². The molecule has 1 N–H and O–H groups in total. The average Bonchev–Trinajstić information content (AvgIpc) is 3.69. The van der Waals surface area contributed by atoms with Gasteiger partial charge in [0.25, 0.3) is 0 Å². The summed E-state index contributed by atoms with van der Waals surface area (Å²) in [5.74, 6) is 1.37. The fourth-order valence-electron chi connectivity index (χ4n) is 4.78. The Bertz CT molecular complexity index is 1660. The summed E-state index contributed by atoms with van der Waals surface area (Å²) in [6.07, 6.45) is 4.37. The Labute approximate surface area is 256 Å². The fourth-order valence-corrected chi connectivity index (χ4v) is 5.02. The van der Waals surface area contributed by atoms with Gasteiger partial charge in [-0.2, -0.15) is 5.10 Å².